The highest BCUT2D eigenvalue weighted by Gasteiger charge is 2.03. The van der Waals surface area contributed by atoms with Gasteiger partial charge in [0.2, 0.25) is 5.43 Å². The Bertz CT molecular complexity index is 552. The summed E-state index contributed by atoms with van der Waals surface area (Å²) in [6, 6.07) is 1.78. The Morgan fingerprint density at radius 3 is 3.15 bits per heavy atom. The van der Waals surface area contributed by atoms with Gasteiger partial charge in [-0.2, -0.15) is 5.26 Å². The smallest absolute Gasteiger partial charge is 0.225 e. The number of H-pyrrole nitrogens is 1. The third-order valence-corrected chi connectivity index (χ3v) is 1.66. The van der Waals surface area contributed by atoms with E-state index in [1.54, 1.807) is 6.07 Å². The van der Waals surface area contributed by atoms with E-state index in [4.69, 9.17) is 5.26 Å². The van der Waals surface area contributed by atoms with Gasteiger partial charge in [0.25, 0.3) is 0 Å². The van der Waals surface area contributed by atoms with E-state index in [-0.39, 0.29) is 16.5 Å². The van der Waals surface area contributed by atoms with Crippen LogP contribution >= 0.6 is 0 Å². The highest BCUT2D eigenvalue weighted by Crippen LogP contribution is 2.00. The van der Waals surface area contributed by atoms with Gasteiger partial charge in [0, 0.05) is 6.20 Å². The van der Waals surface area contributed by atoms with Gasteiger partial charge >= 0.3 is 0 Å². The number of aromatic amines is 1. The topological polar surface area (TPSA) is 82.4 Å². The van der Waals surface area contributed by atoms with Gasteiger partial charge in [-0.3, -0.25) is 4.79 Å². The molecule has 0 aromatic carbocycles. The number of aromatic nitrogens is 3. The molecule has 0 saturated heterocycles. The van der Waals surface area contributed by atoms with Gasteiger partial charge in [-0.05, 0) is 0 Å². The van der Waals surface area contributed by atoms with Crippen molar-refractivity contribution in [2.45, 2.75) is 0 Å². The number of rotatable bonds is 0. The summed E-state index contributed by atoms with van der Waals surface area (Å²) in [7, 11) is 0. The third-order valence-electron chi connectivity index (χ3n) is 1.66. The summed E-state index contributed by atoms with van der Waals surface area (Å²) in [4.78, 5) is 21.7. The van der Waals surface area contributed by atoms with E-state index in [1.807, 2.05) is 0 Å². The largest absolute Gasteiger partial charge is 0.357 e. The molecule has 5 heteroatoms. The van der Waals surface area contributed by atoms with Crippen LogP contribution in [0.25, 0.3) is 11.0 Å². The average molecular weight is 172 g/mol. The van der Waals surface area contributed by atoms with Crippen molar-refractivity contribution in [1.82, 2.24) is 15.0 Å². The summed E-state index contributed by atoms with van der Waals surface area (Å²) in [6.07, 6.45) is 4.12. The van der Waals surface area contributed by atoms with E-state index < -0.39 is 0 Å². The molecule has 0 aliphatic heterocycles. The van der Waals surface area contributed by atoms with E-state index in [1.165, 1.54) is 18.7 Å². The van der Waals surface area contributed by atoms with E-state index in [0.29, 0.717) is 5.52 Å². The maximum Gasteiger partial charge on any atom is 0.225 e. The second kappa shape index (κ2) is 2.68. The van der Waals surface area contributed by atoms with Crippen molar-refractivity contribution in [3.8, 4) is 6.07 Å². The first-order chi connectivity index (χ1) is 6.33. The van der Waals surface area contributed by atoms with Gasteiger partial charge < -0.3 is 4.98 Å². The average Bonchev–Trinajstić information content (AvgIpc) is 2.19. The van der Waals surface area contributed by atoms with Crippen LogP contribution in [0, 0.1) is 11.3 Å². The van der Waals surface area contributed by atoms with Crippen LogP contribution < -0.4 is 5.43 Å². The van der Waals surface area contributed by atoms with Crippen molar-refractivity contribution < 1.29 is 0 Å². The SMILES string of the molecule is N#Cc1c[nH]c2cncnc2c1=O. The number of hydrogen-bond donors (Lipinski definition) is 1. The molecule has 2 heterocycles. The molecule has 0 amide bonds. The molecule has 1 N–H and O–H groups in total. The fraction of sp³-hybridized carbons (Fsp3) is 0. The summed E-state index contributed by atoms with van der Waals surface area (Å²) in [5.41, 5.74) is 0.477. The number of fused-ring (bicyclic) bond motifs is 1. The van der Waals surface area contributed by atoms with E-state index >= 15 is 0 Å². The first-order valence-corrected chi connectivity index (χ1v) is 3.54. The number of nitrogens with zero attached hydrogens (tertiary/aromatic N) is 3. The fourth-order valence-electron chi connectivity index (χ4n) is 1.04. The van der Waals surface area contributed by atoms with Gasteiger partial charge in [0.1, 0.15) is 23.5 Å². The molecule has 2 rings (SSSR count). The lowest BCUT2D eigenvalue weighted by Crippen LogP contribution is -2.08. The van der Waals surface area contributed by atoms with Crippen molar-refractivity contribution in [2.24, 2.45) is 0 Å². The maximum atomic E-state index is 11.4. The Labute approximate surface area is 72.7 Å². The van der Waals surface area contributed by atoms with Crippen LogP contribution in [0.2, 0.25) is 0 Å². The van der Waals surface area contributed by atoms with Crippen LogP contribution in [0.1, 0.15) is 5.56 Å². The zero-order valence-corrected chi connectivity index (χ0v) is 6.48. The molecule has 0 spiro atoms. The Balaban J connectivity index is 2.98. The second-order valence-electron chi connectivity index (χ2n) is 2.43. The van der Waals surface area contributed by atoms with Crippen LogP contribution in [0.5, 0.6) is 0 Å². The van der Waals surface area contributed by atoms with Gasteiger partial charge in [0.15, 0.2) is 0 Å². The highest BCUT2D eigenvalue weighted by molar-refractivity contribution is 5.73. The molecule has 0 atom stereocenters. The predicted molar refractivity (Wildman–Crippen MR) is 44.9 cm³/mol. The number of pyridine rings is 1. The Morgan fingerprint density at radius 2 is 2.38 bits per heavy atom. The molecule has 2 aromatic heterocycles. The first kappa shape index (κ1) is 7.43. The molecule has 0 radical (unpaired) electrons. The summed E-state index contributed by atoms with van der Waals surface area (Å²) in [6.45, 7) is 0. The van der Waals surface area contributed by atoms with Crippen LogP contribution in [-0.2, 0) is 0 Å². The third kappa shape index (κ3) is 1.05. The van der Waals surface area contributed by atoms with Gasteiger partial charge in [-0.25, -0.2) is 9.97 Å². The minimum atomic E-state index is -0.362. The van der Waals surface area contributed by atoms with Crippen LogP contribution in [-0.4, -0.2) is 15.0 Å². The number of hydrogen-bond acceptors (Lipinski definition) is 4. The molecular weight excluding hydrogens is 168 g/mol. The fourth-order valence-corrected chi connectivity index (χ4v) is 1.04. The molecule has 13 heavy (non-hydrogen) atoms. The first-order valence-electron chi connectivity index (χ1n) is 3.54. The minimum Gasteiger partial charge on any atom is -0.357 e. The number of nitriles is 1. The minimum absolute atomic E-state index is 0.0613. The molecular formula is C8H4N4O. The van der Waals surface area contributed by atoms with Gasteiger partial charge in [0.05, 0.1) is 11.7 Å². The lowest BCUT2D eigenvalue weighted by atomic mass is 10.2. The number of nitrogens with one attached hydrogen (secondary N) is 1. The quantitative estimate of drug-likeness (QED) is 0.614. The van der Waals surface area contributed by atoms with Crippen LogP contribution in [0.3, 0.4) is 0 Å². The summed E-state index contributed by atoms with van der Waals surface area (Å²) in [5, 5.41) is 8.56. The lowest BCUT2D eigenvalue weighted by Gasteiger charge is -1.94. The predicted octanol–water partition coefficient (Wildman–Crippen LogP) is 0.190. The molecule has 0 unspecified atom stereocenters. The molecule has 0 saturated carbocycles. The van der Waals surface area contributed by atoms with Crippen molar-refractivity contribution in [2.75, 3.05) is 0 Å². The van der Waals surface area contributed by atoms with Crippen molar-refractivity contribution in [3.05, 3.63) is 34.5 Å². The molecule has 0 fully saturated rings. The Kier molecular flexibility index (Phi) is 1.53. The second-order valence-corrected chi connectivity index (χ2v) is 2.43. The Morgan fingerprint density at radius 1 is 1.54 bits per heavy atom. The highest BCUT2D eigenvalue weighted by atomic mass is 16.1. The molecule has 5 nitrogen and oxygen atoms in total. The van der Waals surface area contributed by atoms with Crippen molar-refractivity contribution in [3.63, 3.8) is 0 Å². The van der Waals surface area contributed by atoms with Gasteiger partial charge in [-0.1, -0.05) is 0 Å². The van der Waals surface area contributed by atoms with Crippen molar-refractivity contribution >= 4 is 11.0 Å². The van der Waals surface area contributed by atoms with E-state index in [2.05, 4.69) is 15.0 Å². The normalized spacial score (nSPS) is 9.77. The summed E-state index contributed by atoms with van der Waals surface area (Å²) >= 11 is 0. The van der Waals surface area contributed by atoms with E-state index in [0.717, 1.165) is 0 Å². The zero-order chi connectivity index (χ0) is 9.26. The standard InChI is InChI=1S/C8H4N4O/c9-1-5-2-11-6-3-10-4-12-7(6)8(5)13/h2-4H,(H,11,13). The van der Waals surface area contributed by atoms with Crippen molar-refractivity contribution in [1.29, 1.82) is 5.26 Å². The van der Waals surface area contributed by atoms with Crippen LogP contribution in [0.15, 0.2) is 23.5 Å². The molecule has 0 aliphatic rings. The molecule has 0 bridgehead atoms. The Hall–Kier alpha value is -2.22. The van der Waals surface area contributed by atoms with E-state index in [9.17, 15) is 4.79 Å². The van der Waals surface area contributed by atoms with Crippen LogP contribution in [0.4, 0.5) is 0 Å². The molecule has 2 aromatic rings. The molecule has 62 valence electrons. The van der Waals surface area contributed by atoms with Gasteiger partial charge in [-0.15, -0.1) is 0 Å². The monoisotopic (exact) mass is 172 g/mol. The lowest BCUT2D eigenvalue weighted by molar-refractivity contribution is 1.18. The maximum absolute atomic E-state index is 11.4. The zero-order valence-electron chi connectivity index (χ0n) is 6.48. The summed E-state index contributed by atoms with van der Waals surface area (Å²) < 4.78 is 0. The summed E-state index contributed by atoms with van der Waals surface area (Å²) in [5.74, 6) is 0. The molecule has 0 aliphatic carbocycles.